The molecule has 5 aromatic rings. The highest BCUT2D eigenvalue weighted by Crippen LogP contribution is 2.42. The first-order valence-electron chi connectivity index (χ1n) is 13.2. The number of aromatic nitrogens is 1. The fourth-order valence-electron chi connectivity index (χ4n) is 5.83. The van der Waals surface area contributed by atoms with E-state index in [0.29, 0.717) is 35.4 Å². The van der Waals surface area contributed by atoms with Crippen molar-refractivity contribution in [1.82, 2.24) is 9.46 Å². The van der Waals surface area contributed by atoms with Gasteiger partial charge in [0.05, 0.1) is 21.9 Å². The number of aryl methyl sites for hydroxylation is 1. The topological polar surface area (TPSA) is 114 Å². The van der Waals surface area contributed by atoms with E-state index in [-0.39, 0.29) is 27.5 Å². The van der Waals surface area contributed by atoms with Crippen LogP contribution in [0.3, 0.4) is 0 Å². The van der Waals surface area contributed by atoms with Crippen molar-refractivity contribution in [2.45, 2.75) is 37.1 Å². The summed E-state index contributed by atoms with van der Waals surface area (Å²) in [7, 11) is -3.65. The number of fused-ring (bicyclic) bond motifs is 4. The lowest BCUT2D eigenvalue weighted by Gasteiger charge is -2.26. The number of hydrogen-bond acceptors (Lipinski definition) is 7. The number of benzene rings is 3. The number of sulfonamides is 1. The highest BCUT2D eigenvalue weighted by Gasteiger charge is 2.45. The van der Waals surface area contributed by atoms with Crippen LogP contribution in [0.4, 0.5) is 5.82 Å². The van der Waals surface area contributed by atoms with Gasteiger partial charge in [0.1, 0.15) is 11.3 Å². The lowest BCUT2D eigenvalue weighted by atomic mass is 9.97. The third-order valence-corrected chi connectivity index (χ3v) is 9.69. The molecule has 0 N–H and O–H groups in total. The van der Waals surface area contributed by atoms with E-state index in [1.807, 2.05) is 30.3 Å². The van der Waals surface area contributed by atoms with Crippen molar-refractivity contribution in [2.75, 3.05) is 18.0 Å². The number of nitrogens with zero attached hydrogens (tertiary/aromatic N) is 3. The Balaban J connectivity index is 1.42. The summed E-state index contributed by atoms with van der Waals surface area (Å²) in [5.74, 6) is 0.141. The second-order valence-corrected chi connectivity index (χ2v) is 12.2. The molecule has 1 unspecified atom stereocenters. The zero-order valence-corrected chi connectivity index (χ0v) is 22.5. The van der Waals surface area contributed by atoms with Gasteiger partial charge in [0.2, 0.25) is 15.8 Å². The van der Waals surface area contributed by atoms with Crippen molar-refractivity contribution >= 4 is 43.5 Å². The van der Waals surface area contributed by atoms with E-state index in [9.17, 15) is 18.0 Å². The van der Waals surface area contributed by atoms with Gasteiger partial charge in [-0.1, -0.05) is 54.0 Å². The molecular formula is C30H25N3O6S. The molecule has 1 amide bonds. The van der Waals surface area contributed by atoms with E-state index in [1.54, 1.807) is 31.2 Å². The number of amides is 1. The Hall–Kier alpha value is -4.28. The van der Waals surface area contributed by atoms with E-state index >= 15 is 0 Å². The largest absolute Gasteiger partial charge is 0.450 e. The molecule has 2 aliphatic heterocycles. The number of piperidine rings is 1. The summed E-state index contributed by atoms with van der Waals surface area (Å²) < 4.78 is 39.4. The Kier molecular flexibility index (Phi) is 5.65. The quantitative estimate of drug-likeness (QED) is 0.281. The number of anilines is 1. The normalized spacial score (nSPS) is 18.1. The van der Waals surface area contributed by atoms with Gasteiger partial charge in [-0.05, 0) is 54.3 Å². The molecular weight excluding hydrogens is 530 g/mol. The van der Waals surface area contributed by atoms with Crippen molar-refractivity contribution in [2.24, 2.45) is 0 Å². The van der Waals surface area contributed by atoms with Gasteiger partial charge in [-0.3, -0.25) is 14.5 Å². The Morgan fingerprint density at radius 1 is 0.925 bits per heavy atom. The molecule has 1 atom stereocenters. The number of hydrogen-bond donors (Lipinski definition) is 0. The Bertz CT molecular complexity index is 1970. The SMILES string of the molecule is Cc1cc(N2C(=O)c3oc4ccc5ccccc5c4c(=O)c3C2c2ccc(S(=O)(=O)N3CCCCC3)cc2)no1. The van der Waals surface area contributed by atoms with Crippen molar-refractivity contribution in [3.8, 4) is 0 Å². The summed E-state index contributed by atoms with van der Waals surface area (Å²) in [6.07, 6.45) is 2.69. The van der Waals surface area contributed by atoms with Gasteiger partial charge in [0, 0.05) is 19.2 Å². The summed E-state index contributed by atoms with van der Waals surface area (Å²) in [6.45, 7) is 2.70. The first-order chi connectivity index (χ1) is 19.3. The minimum atomic E-state index is -3.65. The van der Waals surface area contributed by atoms with E-state index in [2.05, 4.69) is 5.16 Å². The average Bonchev–Trinajstić information content (AvgIpc) is 3.53. The first kappa shape index (κ1) is 24.7. The molecule has 0 bridgehead atoms. The maximum atomic E-state index is 14.2. The van der Waals surface area contributed by atoms with Crippen molar-refractivity contribution in [3.63, 3.8) is 0 Å². The molecule has 40 heavy (non-hydrogen) atoms. The fourth-order valence-corrected chi connectivity index (χ4v) is 7.35. The highest BCUT2D eigenvalue weighted by molar-refractivity contribution is 7.89. The molecule has 1 fully saturated rings. The van der Waals surface area contributed by atoms with Gasteiger partial charge in [0.15, 0.2) is 11.2 Å². The third-order valence-electron chi connectivity index (χ3n) is 7.77. The van der Waals surface area contributed by atoms with Crippen molar-refractivity contribution in [1.29, 1.82) is 0 Å². The van der Waals surface area contributed by atoms with Crippen LogP contribution in [0.25, 0.3) is 21.7 Å². The second-order valence-electron chi connectivity index (χ2n) is 10.2. The van der Waals surface area contributed by atoms with Crippen LogP contribution in [0.2, 0.25) is 0 Å². The lowest BCUT2D eigenvalue weighted by molar-refractivity contribution is 0.0969. The monoisotopic (exact) mass is 555 g/mol. The summed E-state index contributed by atoms with van der Waals surface area (Å²) in [6, 6.07) is 18.2. The lowest BCUT2D eigenvalue weighted by Crippen LogP contribution is -2.35. The van der Waals surface area contributed by atoms with Gasteiger partial charge in [0.25, 0.3) is 5.91 Å². The van der Waals surface area contributed by atoms with Crippen LogP contribution in [0, 0.1) is 6.92 Å². The molecule has 10 heteroatoms. The van der Waals surface area contributed by atoms with Crippen LogP contribution < -0.4 is 10.3 Å². The van der Waals surface area contributed by atoms with Crippen LogP contribution in [-0.2, 0) is 10.0 Å². The van der Waals surface area contributed by atoms with Crippen molar-refractivity contribution in [3.05, 3.63) is 99.6 Å². The summed E-state index contributed by atoms with van der Waals surface area (Å²) in [5, 5.41) is 6.04. The fraction of sp³-hybridized carbons (Fsp3) is 0.233. The average molecular weight is 556 g/mol. The molecule has 7 rings (SSSR count). The minimum absolute atomic E-state index is 0.0663. The summed E-state index contributed by atoms with van der Waals surface area (Å²) >= 11 is 0. The van der Waals surface area contributed by atoms with Gasteiger partial charge >= 0.3 is 0 Å². The van der Waals surface area contributed by atoms with Crippen LogP contribution in [0.15, 0.2) is 85.4 Å². The molecule has 9 nitrogen and oxygen atoms in total. The smallest absolute Gasteiger partial charge is 0.296 e. The summed E-state index contributed by atoms with van der Waals surface area (Å²) in [5.41, 5.74) is 0.730. The standard InChI is InChI=1S/C30H25N3O6S/c1-18-17-24(31-39-18)33-27(20-9-12-21(13-10-20)40(36,37)32-15-5-2-6-16-32)26-28(34)25-22-8-4-3-7-19(22)11-14-23(25)38-29(26)30(33)35/h3-4,7-14,17,27H,2,5-6,15-16H2,1H3. The van der Waals surface area contributed by atoms with E-state index in [1.165, 1.54) is 21.3 Å². The zero-order chi connectivity index (χ0) is 27.6. The molecule has 202 valence electrons. The Morgan fingerprint density at radius 3 is 2.40 bits per heavy atom. The molecule has 3 aromatic carbocycles. The summed E-state index contributed by atoms with van der Waals surface area (Å²) in [4.78, 5) is 29.5. The zero-order valence-electron chi connectivity index (χ0n) is 21.7. The van der Waals surface area contributed by atoms with E-state index < -0.39 is 22.0 Å². The predicted molar refractivity (Wildman–Crippen MR) is 149 cm³/mol. The number of carbonyl (C=O) groups is 1. The third kappa shape index (κ3) is 3.70. The maximum Gasteiger partial charge on any atom is 0.296 e. The highest BCUT2D eigenvalue weighted by atomic mass is 32.2. The van der Waals surface area contributed by atoms with Crippen LogP contribution in [0.1, 0.15) is 52.7 Å². The molecule has 0 saturated carbocycles. The van der Waals surface area contributed by atoms with Crippen LogP contribution in [-0.4, -0.2) is 36.9 Å². The number of rotatable bonds is 4. The van der Waals surface area contributed by atoms with Crippen molar-refractivity contribution < 1.29 is 22.2 Å². The number of carbonyl (C=O) groups excluding carboxylic acids is 1. The predicted octanol–water partition coefficient (Wildman–Crippen LogP) is 5.17. The molecule has 1 saturated heterocycles. The first-order valence-corrected chi connectivity index (χ1v) is 14.6. The second kappa shape index (κ2) is 9.14. The Morgan fingerprint density at radius 2 is 1.68 bits per heavy atom. The molecule has 4 heterocycles. The van der Waals surface area contributed by atoms with E-state index in [4.69, 9.17) is 8.94 Å². The van der Waals surface area contributed by atoms with E-state index in [0.717, 1.165) is 30.0 Å². The Labute approximate surface area is 229 Å². The van der Waals surface area contributed by atoms with Crippen LogP contribution >= 0.6 is 0 Å². The molecule has 0 radical (unpaired) electrons. The maximum absolute atomic E-state index is 14.2. The molecule has 2 aromatic heterocycles. The van der Waals surface area contributed by atoms with Gasteiger partial charge in [-0.2, -0.15) is 4.31 Å². The van der Waals surface area contributed by atoms with Gasteiger partial charge in [-0.15, -0.1) is 0 Å². The molecule has 2 aliphatic rings. The minimum Gasteiger partial charge on any atom is -0.450 e. The van der Waals surface area contributed by atoms with Gasteiger partial charge in [-0.25, -0.2) is 8.42 Å². The molecule has 0 aliphatic carbocycles. The van der Waals surface area contributed by atoms with Crippen LogP contribution in [0.5, 0.6) is 0 Å². The molecule has 0 spiro atoms. The van der Waals surface area contributed by atoms with Gasteiger partial charge < -0.3 is 8.94 Å².